The summed E-state index contributed by atoms with van der Waals surface area (Å²) in [6.07, 6.45) is -1.17. The molecule has 0 bridgehead atoms. The maximum atomic E-state index is 13.6. The molecule has 0 saturated carbocycles. The van der Waals surface area contributed by atoms with Crippen LogP contribution in [0.4, 0.5) is 4.79 Å². The Labute approximate surface area is 231 Å². The van der Waals surface area contributed by atoms with Gasteiger partial charge in [-0.05, 0) is 48.2 Å². The molecular formula is C27H32ClN5O6. The second-order valence-electron chi connectivity index (χ2n) is 9.70. The number of piperazine rings is 1. The van der Waals surface area contributed by atoms with Crippen molar-refractivity contribution in [1.29, 1.82) is 0 Å². The second kappa shape index (κ2) is 11.9. The summed E-state index contributed by atoms with van der Waals surface area (Å²) in [6, 6.07) is 11.3. The van der Waals surface area contributed by atoms with Crippen LogP contribution in [0.15, 0.2) is 42.5 Å². The molecule has 2 aliphatic heterocycles. The molecule has 12 heteroatoms. The lowest BCUT2D eigenvalue weighted by molar-refractivity contribution is -0.188. The summed E-state index contributed by atoms with van der Waals surface area (Å²) in [5.74, 6) is -1.08. The van der Waals surface area contributed by atoms with Gasteiger partial charge in [-0.15, -0.1) is 0 Å². The predicted molar refractivity (Wildman–Crippen MR) is 143 cm³/mol. The average Bonchev–Trinajstić information content (AvgIpc) is 2.90. The van der Waals surface area contributed by atoms with E-state index < -0.39 is 24.2 Å². The molecule has 2 aromatic rings. The van der Waals surface area contributed by atoms with E-state index in [1.807, 2.05) is 31.2 Å². The van der Waals surface area contributed by atoms with Gasteiger partial charge in [0.15, 0.2) is 0 Å². The number of halogens is 1. The molecular weight excluding hydrogens is 526 g/mol. The molecule has 0 aliphatic carbocycles. The van der Waals surface area contributed by atoms with E-state index in [2.05, 4.69) is 5.32 Å². The van der Waals surface area contributed by atoms with Crippen molar-refractivity contribution in [3.8, 4) is 5.75 Å². The fourth-order valence-corrected chi connectivity index (χ4v) is 5.14. The number of benzene rings is 2. The number of methoxy groups -OCH3 is 1. The van der Waals surface area contributed by atoms with Crippen molar-refractivity contribution in [3.63, 3.8) is 0 Å². The minimum atomic E-state index is -1.07. The number of amides is 4. The Kier molecular flexibility index (Phi) is 8.61. The van der Waals surface area contributed by atoms with Crippen molar-refractivity contribution in [3.05, 3.63) is 64.2 Å². The van der Waals surface area contributed by atoms with E-state index in [-0.39, 0.29) is 50.8 Å². The van der Waals surface area contributed by atoms with Crippen LogP contribution in [0, 0.1) is 6.92 Å². The van der Waals surface area contributed by atoms with Crippen LogP contribution in [0.2, 0.25) is 5.02 Å². The molecule has 2 aromatic carbocycles. The molecule has 0 spiro atoms. The predicted octanol–water partition coefficient (Wildman–Crippen LogP) is 2.46. The number of urea groups is 1. The van der Waals surface area contributed by atoms with Crippen molar-refractivity contribution in [2.24, 2.45) is 0 Å². The fourth-order valence-electron chi connectivity index (χ4n) is 4.94. The third kappa shape index (κ3) is 6.26. The maximum absolute atomic E-state index is 13.6. The summed E-state index contributed by atoms with van der Waals surface area (Å²) in [7, 11) is 3.21. The van der Waals surface area contributed by atoms with Gasteiger partial charge in [-0.2, -0.15) is 0 Å². The summed E-state index contributed by atoms with van der Waals surface area (Å²) in [5.41, 5.74) is 2.54. The molecule has 2 fully saturated rings. The van der Waals surface area contributed by atoms with Crippen LogP contribution in [0.1, 0.15) is 29.5 Å². The Morgan fingerprint density at radius 3 is 2.46 bits per heavy atom. The first-order chi connectivity index (χ1) is 18.6. The van der Waals surface area contributed by atoms with E-state index in [4.69, 9.17) is 16.3 Å². The molecule has 2 atom stereocenters. The number of ether oxygens (including phenoxy) is 1. The Morgan fingerprint density at radius 1 is 1.13 bits per heavy atom. The number of hydrazine groups is 1. The van der Waals surface area contributed by atoms with E-state index in [9.17, 15) is 24.3 Å². The van der Waals surface area contributed by atoms with Gasteiger partial charge in [-0.3, -0.25) is 14.4 Å². The highest BCUT2D eigenvalue weighted by Gasteiger charge is 2.50. The van der Waals surface area contributed by atoms with Gasteiger partial charge in [0.25, 0.3) is 0 Å². The quantitative estimate of drug-likeness (QED) is 0.511. The SMILES string of the molecule is COc1ccc(CNC(=O)N2[C@H]3CN(Cc4ccc(C)c(Cl)c4)C(=O)C(CCC(=O)O)N3C(=O)CN2C)cc1. The number of nitrogens with one attached hydrogen (secondary N) is 1. The maximum Gasteiger partial charge on any atom is 0.334 e. The van der Waals surface area contributed by atoms with Crippen LogP contribution in [0.25, 0.3) is 0 Å². The standard InChI is InChI=1S/C27H32ClN5O6/c1-17-4-5-19(12-21(17)28)14-31-15-23-32(22(26(31)37)10-11-25(35)36)24(34)16-30(2)33(23)27(38)29-13-18-6-8-20(39-3)9-7-18/h4-9,12,22-23H,10-11,13-16H2,1-3H3,(H,29,38)(H,35,36)/t22?,23-/m0/s1. The van der Waals surface area contributed by atoms with Crippen LogP contribution in [-0.4, -0.2) is 88.2 Å². The van der Waals surface area contributed by atoms with E-state index in [1.165, 1.54) is 14.9 Å². The lowest BCUT2D eigenvalue weighted by Crippen LogP contribution is -2.75. The van der Waals surface area contributed by atoms with E-state index in [0.29, 0.717) is 10.8 Å². The fraction of sp³-hybridized carbons (Fsp3) is 0.407. The first-order valence-electron chi connectivity index (χ1n) is 12.6. The van der Waals surface area contributed by atoms with Gasteiger partial charge < -0.3 is 25.0 Å². The third-order valence-electron chi connectivity index (χ3n) is 6.99. The number of fused-ring (bicyclic) bond motifs is 1. The van der Waals surface area contributed by atoms with Gasteiger partial charge in [0.2, 0.25) is 11.8 Å². The minimum absolute atomic E-state index is 0.0555. The number of aliphatic carboxylic acids is 1. The zero-order valence-corrected chi connectivity index (χ0v) is 22.8. The van der Waals surface area contributed by atoms with Crippen molar-refractivity contribution in [2.45, 2.75) is 45.1 Å². The summed E-state index contributed by atoms with van der Waals surface area (Å²) in [5, 5.41) is 15.7. The van der Waals surface area contributed by atoms with Gasteiger partial charge in [-0.1, -0.05) is 35.9 Å². The number of rotatable bonds is 8. The molecule has 2 saturated heterocycles. The number of nitrogens with zero attached hydrogens (tertiary/aromatic N) is 4. The van der Waals surface area contributed by atoms with Gasteiger partial charge >= 0.3 is 12.0 Å². The average molecular weight is 558 g/mol. The van der Waals surface area contributed by atoms with Crippen molar-refractivity contribution in [1.82, 2.24) is 25.1 Å². The lowest BCUT2D eigenvalue weighted by Gasteiger charge is -2.54. The second-order valence-corrected chi connectivity index (χ2v) is 10.1. The van der Waals surface area contributed by atoms with E-state index in [0.717, 1.165) is 16.7 Å². The Hall–Kier alpha value is -3.83. The van der Waals surface area contributed by atoms with Crippen LogP contribution < -0.4 is 10.1 Å². The molecule has 208 valence electrons. The third-order valence-corrected chi connectivity index (χ3v) is 7.40. The highest BCUT2D eigenvalue weighted by Crippen LogP contribution is 2.29. The van der Waals surface area contributed by atoms with Gasteiger partial charge in [0.05, 0.1) is 20.2 Å². The number of carbonyl (C=O) groups excluding carboxylic acids is 3. The number of likely N-dealkylation sites (N-methyl/N-ethyl adjacent to an activating group) is 1. The molecule has 2 N–H and O–H groups in total. The first kappa shape index (κ1) is 28.2. The number of carboxylic acids is 1. The molecule has 2 aliphatic rings. The van der Waals surface area contributed by atoms with E-state index >= 15 is 0 Å². The Bertz CT molecular complexity index is 1260. The number of carboxylic acid groups (broad SMARTS) is 1. The topological polar surface area (TPSA) is 123 Å². The van der Waals surface area contributed by atoms with Crippen LogP contribution in [0.5, 0.6) is 5.75 Å². The minimum Gasteiger partial charge on any atom is -0.497 e. The van der Waals surface area contributed by atoms with Crippen molar-refractivity contribution < 1.29 is 29.0 Å². The molecule has 2 heterocycles. The van der Waals surface area contributed by atoms with Gasteiger partial charge in [0, 0.05) is 31.6 Å². The molecule has 4 rings (SSSR count). The van der Waals surface area contributed by atoms with E-state index in [1.54, 1.807) is 37.3 Å². The smallest absolute Gasteiger partial charge is 0.334 e. The summed E-state index contributed by atoms with van der Waals surface area (Å²) < 4.78 is 5.18. The monoisotopic (exact) mass is 557 g/mol. The number of aryl methyl sites for hydroxylation is 1. The molecule has 0 radical (unpaired) electrons. The zero-order chi connectivity index (χ0) is 28.3. The summed E-state index contributed by atoms with van der Waals surface area (Å²) in [6.45, 7) is 2.24. The number of carbonyl (C=O) groups is 4. The van der Waals surface area contributed by atoms with Crippen LogP contribution >= 0.6 is 11.6 Å². The number of hydrogen-bond acceptors (Lipinski definition) is 6. The van der Waals surface area contributed by atoms with Gasteiger partial charge in [0.1, 0.15) is 18.0 Å². The van der Waals surface area contributed by atoms with Crippen LogP contribution in [-0.2, 0) is 27.5 Å². The molecule has 0 aromatic heterocycles. The molecule has 4 amide bonds. The Morgan fingerprint density at radius 2 is 1.82 bits per heavy atom. The Balaban J connectivity index is 1.60. The highest BCUT2D eigenvalue weighted by atomic mass is 35.5. The zero-order valence-electron chi connectivity index (χ0n) is 22.1. The molecule has 11 nitrogen and oxygen atoms in total. The normalized spacial score (nSPS) is 19.6. The first-order valence-corrected chi connectivity index (χ1v) is 12.9. The lowest BCUT2D eigenvalue weighted by atomic mass is 10.0. The van der Waals surface area contributed by atoms with Crippen LogP contribution in [0.3, 0.4) is 0 Å². The largest absolute Gasteiger partial charge is 0.497 e. The van der Waals surface area contributed by atoms with Crippen molar-refractivity contribution in [2.75, 3.05) is 27.2 Å². The summed E-state index contributed by atoms with van der Waals surface area (Å²) >= 11 is 6.30. The van der Waals surface area contributed by atoms with Gasteiger partial charge in [-0.25, -0.2) is 14.8 Å². The van der Waals surface area contributed by atoms with Crippen molar-refractivity contribution >= 4 is 35.4 Å². The molecule has 39 heavy (non-hydrogen) atoms. The summed E-state index contributed by atoms with van der Waals surface area (Å²) in [4.78, 5) is 54.5. The highest BCUT2D eigenvalue weighted by molar-refractivity contribution is 6.31. The number of hydrogen-bond donors (Lipinski definition) is 2. The molecule has 1 unspecified atom stereocenters.